The number of carbonyl (C=O) groups excluding carboxylic acids is 1. The van der Waals surface area contributed by atoms with Crippen LogP contribution in [0.15, 0.2) is 24.3 Å². The van der Waals surface area contributed by atoms with E-state index in [0.717, 1.165) is 0 Å². The van der Waals surface area contributed by atoms with Crippen molar-refractivity contribution in [1.29, 1.82) is 0 Å². The summed E-state index contributed by atoms with van der Waals surface area (Å²) in [4.78, 5) is 11.0. The van der Waals surface area contributed by atoms with Gasteiger partial charge in [-0.15, -0.1) is 11.6 Å². The first-order valence-corrected chi connectivity index (χ1v) is 4.73. The number of nitrogens with two attached hydrogens (primary N) is 1. The van der Waals surface area contributed by atoms with Gasteiger partial charge in [-0.05, 0) is 12.1 Å². The number of nitrogen functional groups attached to an aromatic ring is 1. The van der Waals surface area contributed by atoms with Gasteiger partial charge in [-0.2, -0.15) is 0 Å². The van der Waals surface area contributed by atoms with E-state index in [2.05, 4.69) is 10.9 Å². The van der Waals surface area contributed by atoms with Gasteiger partial charge in [0.2, 0.25) is 5.91 Å². The Morgan fingerprint density at radius 1 is 1.43 bits per heavy atom. The Kier molecular flexibility index (Phi) is 4.07. The second-order valence-electron chi connectivity index (χ2n) is 2.70. The number of alkyl halides is 1. The van der Waals surface area contributed by atoms with E-state index < -0.39 is 0 Å². The van der Waals surface area contributed by atoms with Crippen molar-refractivity contribution in [3.05, 3.63) is 24.3 Å². The Hall–Kier alpha value is -1.42. The number of carbonyl (C=O) groups is 1. The predicted molar refractivity (Wildman–Crippen MR) is 58.0 cm³/mol. The summed E-state index contributed by atoms with van der Waals surface area (Å²) in [7, 11) is 0. The number of benzene rings is 1. The van der Waals surface area contributed by atoms with Crippen molar-refractivity contribution < 1.29 is 4.79 Å². The Morgan fingerprint density at radius 2 is 2.14 bits per heavy atom. The van der Waals surface area contributed by atoms with Gasteiger partial charge in [-0.3, -0.25) is 15.6 Å². The molecule has 5 heteroatoms. The molecule has 1 amide bonds. The predicted octanol–water partition coefficient (Wildman–Crippen LogP) is 1.34. The third-order valence-corrected chi connectivity index (χ3v) is 1.81. The smallest absolute Gasteiger partial charge is 0.239 e. The highest BCUT2D eigenvalue weighted by Crippen LogP contribution is 2.14. The summed E-state index contributed by atoms with van der Waals surface area (Å²) < 4.78 is 0. The number of anilines is 2. The molecular formula is C9H12ClN3O. The molecule has 0 radical (unpaired) electrons. The first kappa shape index (κ1) is 10.7. The zero-order valence-corrected chi connectivity index (χ0v) is 8.34. The zero-order chi connectivity index (χ0) is 10.4. The molecule has 0 saturated carbocycles. The molecule has 0 fully saturated rings. The molecule has 4 N–H and O–H groups in total. The van der Waals surface area contributed by atoms with Crippen LogP contribution in [0.25, 0.3) is 0 Å². The fraction of sp³-hybridized carbons (Fsp3) is 0.222. The minimum Gasteiger partial charge on any atom is -0.397 e. The quantitative estimate of drug-likeness (QED) is 0.402. The Labute approximate surface area is 87.4 Å². The summed E-state index contributed by atoms with van der Waals surface area (Å²) in [6.07, 6.45) is 0.279. The van der Waals surface area contributed by atoms with E-state index in [0.29, 0.717) is 17.3 Å². The number of amides is 1. The molecule has 76 valence electrons. The van der Waals surface area contributed by atoms with Crippen LogP contribution in [-0.2, 0) is 4.79 Å². The molecule has 1 aromatic carbocycles. The zero-order valence-electron chi connectivity index (χ0n) is 7.59. The van der Waals surface area contributed by atoms with Crippen LogP contribution in [0.2, 0.25) is 0 Å². The van der Waals surface area contributed by atoms with Gasteiger partial charge in [-0.1, -0.05) is 12.1 Å². The minimum absolute atomic E-state index is 0.164. The topological polar surface area (TPSA) is 67.2 Å². The van der Waals surface area contributed by atoms with Gasteiger partial charge in [0, 0.05) is 12.3 Å². The molecule has 0 heterocycles. The molecule has 0 bridgehead atoms. The molecule has 14 heavy (non-hydrogen) atoms. The van der Waals surface area contributed by atoms with Gasteiger partial charge in [0.25, 0.3) is 0 Å². The number of para-hydroxylation sites is 2. The molecule has 1 aromatic rings. The summed E-state index contributed by atoms with van der Waals surface area (Å²) in [6, 6.07) is 7.17. The van der Waals surface area contributed by atoms with Crippen molar-refractivity contribution in [2.75, 3.05) is 17.0 Å². The van der Waals surface area contributed by atoms with E-state index in [-0.39, 0.29) is 12.3 Å². The van der Waals surface area contributed by atoms with Gasteiger partial charge in [0.1, 0.15) is 0 Å². The second kappa shape index (κ2) is 5.34. The summed E-state index contributed by atoms with van der Waals surface area (Å²) in [5, 5.41) is 0. The van der Waals surface area contributed by atoms with Crippen LogP contribution in [0.1, 0.15) is 6.42 Å². The maximum Gasteiger partial charge on any atom is 0.239 e. The number of hydrazine groups is 1. The van der Waals surface area contributed by atoms with Crippen LogP contribution in [0.4, 0.5) is 11.4 Å². The Bertz CT molecular complexity index is 317. The SMILES string of the molecule is Nc1ccccc1NNC(=O)CCCl. The van der Waals surface area contributed by atoms with E-state index in [9.17, 15) is 4.79 Å². The molecule has 0 unspecified atom stereocenters. The number of hydrogen-bond donors (Lipinski definition) is 3. The van der Waals surface area contributed by atoms with E-state index in [1.165, 1.54) is 0 Å². The van der Waals surface area contributed by atoms with Crippen molar-refractivity contribution in [1.82, 2.24) is 5.43 Å². The molecule has 1 rings (SSSR count). The first-order chi connectivity index (χ1) is 6.74. The van der Waals surface area contributed by atoms with E-state index in [1.807, 2.05) is 12.1 Å². The fourth-order valence-corrected chi connectivity index (χ4v) is 1.07. The van der Waals surface area contributed by atoms with Crippen molar-refractivity contribution in [3.63, 3.8) is 0 Å². The van der Waals surface area contributed by atoms with E-state index >= 15 is 0 Å². The standard InChI is InChI=1S/C9H12ClN3O/c10-6-5-9(14)13-12-8-4-2-1-3-7(8)11/h1-4,12H,5-6,11H2,(H,13,14). The van der Waals surface area contributed by atoms with Crippen LogP contribution in [0, 0.1) is 0 Å². The van der Waals surface area contributed by atoms with Crippen LogP contribution >= 0.6 is 11.6 Å². The average molecular weight is 214 g/mol. The molecule has 0 atom stereocenters. The highest BCUT2D eigenvalue weighted by Gasteiger charge is 2.00. The molecule has 4 nitrogen and oxygen atoms in total. The molecule has 0 aliphatic heterocycles. The highest BCUT2D eigenvalue weighted by molar-refractivity contribution is 6.18. The van der Waals surface area contributed by atoms with Crippen molar-refractivity contribution in [2.45, 2.75) is 6.42 Å². The van der Waals surface area contributed by atoms with Crippen LogP contribution in [0.5, 0.6) is 0 Å². The molecule has 0 aliphatic carbocycles. The Balaban J connectivity index is 2.46. The van der Waals surface area contributed by atoms with Crippen LogP contribution in [-0.4, -0.2) is 11.8 Å². The number of halogens is 1. The van der Waals surface area contributed by atoms with Gasteiger partial charge in [0.15, 0.2) is 0 Å². The molecule has 0 aliphatic rings. The Morgan fingerprint density at radius 3 is 2.79 bits per heavy atom. The summed E-state index contributed by atoms with van der Waals surface area (Å²) >= 11 is 5.40. The second-order valence-corrected chi connectivity index (χ2v) is 3.08. The fourth-order valence-electron chi connectivity index (χ4n) is 0.896. The van der Waals surface area contributed by atoms with E-state index in [4.69, 9.17) is 17.3 Å². The van der Waals surface area contributed by atoms with Crippen molar-refractivity contribution >= 4 is 28.9 Å². The van der Waals surface area contributed by atoms with Gasteiger partial charge in [0.05, 0.1) is 11.4 Å². The van der Waals surface area contributed by atoms with E-state index in [1.54, 1.807) is 12.1 Å². The lowest BCUT2D eigenvalue weighted by Gasteiger charge is -2.09. The number of hydrogen-bond acceptors (Lipinski definition) is 3. The highest BCUT2D eigenvalue weighted by atomic mass is 35.5. The maximum atomic E-state index is 11.0. The number of nitrogens with one attached hydrogen (secondary N) is 2. The van der Waals surface area contributed by atoms with Gasteiger partial charge in [-0.25, -0.2) is 0 Å². The van der Waals surface area contributed by atoms with Crippen LogP contribution in [0.3, 0.4) is 0 Å². The molecule has 0 aromatic heterocycles. The summed E-state index contributed by atoms with van der Waals surface area (Å²) in [6.45, 7) is 0. The maximum absolute atomic E-state index is 11.0. The lowest BCUT2D eigenvalue weighted by Crippen LogP contribution is -2.29. The molecule has 0 spiro atoms. The van der Waals surface area contributed by atoms with Crippen LogP contribution < -0.4 is 16.6 Å². The lowest BCUT2D eigenvalue weighted by molar-refractivity contribution is -0.120. The number of rotatable bonds is 4. The average Bonchev–Trinajstić information content (AvgIpc) is 2.17. The van der Waals surface area contributed by atoms with Gasteiger partial charge >= 0.3 is 0 Å². The van der Waals surface area contributed by atoms with Gasteiger partial charge < -0.3 is 5.73 Å². The minimum atomic E-state index is -0.164. The lowest BCUT2D eigenvalue weighted by atomic mass is 10.3. The normalized spacial score (nSPS) is 9.50. The third kappa shape index (κ3) is 3.14. The van der Waals surface area contributed by atoms with Crippen molar-refractivity contribution in [2.24, 2.45) is 0 Å². The summed E-state index contributed by atoms with van der Waals surface area (Å²) in [5.41, 5.74) is 12.1. The monoisotopic (exact) mass is 213 g/mol. The first-order valence-electron chi connectivity index (χ1n) is 4.19. The largest absolute Gasteiger partial charge is 0.397 e. The van der Waals surface area contributed by atoms with Crippen molar-refractivity contribution in [3.8, 4) is 0 Å². The third-order valence-electron chi connectivity index (χ3n) is 1.62. The molecule has 0 saturated heterocycles. The molecular weight excluding hydrogens is 202 g/mol. The summed E-state index contributed by atoms with van der Waals surface area (Å²) in [5.74, 6) is 0.140.